The molecule has 4 nitrogen and oxygen atoms in total. The summed E-state index contributed by atoms with van der Waals surface area (Å²) in [6.45, 7) is 3.53. The van der Waals surface area contributed by atoms with Gasteiger partial charge in [0.15, 0.2) is 0 Å². The fraction of sp³-hybridized carbons (Fsp3) is 0.615. The Kier molecular flexibility index (Phi) is 4.34. The molecule has 4 heteroatoms. The van der Waals surface area contributed by atoms with Gasteiger partial charge in [-0.3, -0.25) is 4.90 Å². The molecule has 1 atom stereocenters. The quantitative estimate of drug-likeness (QED) is 0.808. The van der Waals surface area contributed by atoms with Crippen LogP contribution in [0.4, 0.5) is 5.82 Å². The molecule has 1 saturated heterocycles. The van der Waals surface area contributed by atoms with Crippen molar-refractivity contribution >= 4 is 5.82 Å². The lowest BCUT2D eigenvalue weighted by Crippen LogP contribution is -2.20. The van der Waals surface area contributed by atoms with Crippen molar-refractivity contribution in [2.24, 2.45) is 5.92 Å². The second kappa shape index (κ2) is 5.98. The first-order valence-corrected chi connectivity index (χ1v) is 6.27. The smallest absolute Gasteiger partial charge is 0.125 e. The van der Waals surface area contributed by atoms with Gasteiger partial charge in [0.05, 0.1) is 0 Å². The van der Waals surface area contributed by atoms with Gasteiger partial charge in [-0.25, -0.2) is 4.98 Å². The number of likely N-dealkylation sites (tertiary alicyclic amines) is 1. The average Bonchev–Trinajstić information content (AvgIpc) is 2.78. The fourth-order valence-corrected chi connectivity index (χ4v) is 2.40. The highest BCUT2D eigenvalue weighted by Gasteiger charge is 2.21. The van der Waals surface area contributed by atoms with E-state index in [1.165, 1.54) is 12.0 Å². The average molecular weight is 235 g/mol. The van der Waals surface area contributed by atoms with Crippen LogP contribution in [0, 0.1) is 5.92 Å². The zero-order valence-corrected chi connectivity index (χ0v) is 10.4. The summed E-state index contributed by atoms with van der Waals surface area (Å²) in [4.78, 5) is 6.76. The molecule has 1 fully saturated rings. The van der Waals surface area contributed by atoms with Crippen molar-refractivity contribution in [1.82, 2.24) is 9.88 Å². The van der Waals surface area contributed by atoms with Gasteiger partial charge in [-0.15, -0.1) is 0 Å². The van der Waals surface area contributed by atoms with E-state index in [0.717, 1.165) is 31.9 Å². The highest BCUT2D eigenvalue weighted by atomic mass is 16.3. The number of pyridine rings is 1. The number of anilines is 1. The minimum Gasteiger partial charge on any atom is -0.396 e. The number of hydrogen-bond acceptors (Lipinski definition) is 4. The first kappa shape index (κ1) is 12.3. The summed E-state index contributed by atoms with van der Waals surface area (Å²) in [6.07, 6.45) is 4.08. The van der Waals surface area contributed by atoms with Crippen molar-refractivity contribution in [2.75, 3.05) is 32.1 Å². The normalized spacial score (nSPS) is 20.7. The third kappa shape index (κ3) is 3.41. The van der Waals surface area contributed by atoms with Gasteiger partial charge >= 0.3 is 0 Å². The third-order valence-electron chi connectivity index (χ3n) is 3.39. The molecule has 2 heterocycles. The van der Waals surface area contributed by atoms with Crippen molar-refractivity contribution in [3.05, 3.63) is 23.9 Å². The zero-order valence-electron chi connectivity index (χ0n) is 10.4. The van der Waals surface area contributed by atoms with Crippen LogP contribution in [0.25, 0.3) is 0 Å². The van der Waals surface area contributed by atoms with Gasteiger partial charge in [-0.05, 0) is 36.9 Å². The Morgan fingerprint density at radius 1 is 1.53 bits per heavy atom. The Morgan fingerprint density at radius 2 is 2.41 bits per heavy atom. The minimum absolute atomic E-state index is 0.316. The van der Waals surface area contributed by atoms with Gasteiger partial charge in [0.2, 0.25) is 0 Å². The van der Waals surface area contributed by atoms with Gasteiger partial charge in [-0.2, -0.15) is 0 Å². The van der Waals surface area contributed by atoms with Gasteiger partial charge in [0, 0.05) is 32.9 Å². The van der Waals surface area contributed by atoms with Crippen molar-refractivity contribution in [1.29, 1.82) is 0 Å². The molecular formula is C13H21N3O. The molecule has 0 aliphatic carbocycles. The topological polar surface area (TPSA) is 48.4 Å². The highest BCUT2D eigenvalue weighted by molar-refractivity contribution is 5.34. The van der Waals surface area contributed by atoms with E-state index in [0.29, 0.717) is 12.5 Å². The first-order chi connectivity index (χ1) is 8.31. The van der Waals surface area contributed by atoms with Crippen LogP contribution in [0.3, 0.4) is 0 Å². The van der Waals surface area contributed by atoms with E-state index < -0.39 is 0 Å². The molecule has 0 aromatic carbocycles. The van der Waals surface area contributed by atoms with Crippen LogP contribution < -0.4 is 5.32 Å². The maximum Gasteiger partial charge on any atom is 0.125 e. The largest absolute Gasteiger partial charge is 0.396 e. The van der Waals surface area contributed by atoms with Crippen LogP contribution in [0.15, 0.2) is 18.3 Å². The summed E-state index contributed by atoms with van der Waals surface area (Å²) in [5, 5.41) is 11.9. The van der Waals surface area contributed by atoms with Gasteiger partial charge in [0.1, 0.15) is 5.82 Å². The van der Waals surface area contributed by atoms with Crippen LogP contribution in [0.5, 0.6) is 0 Å². The number of hydrogen-bond donors (Lipinski definition) is 2. The molecule has 0 saturated carbocycles. The monoisotopic (exact) mass is 235 g/mol. The van der Waals surface area contributed by atoms with E-state index in [4.69, 9.17) is 5.11 Å². The molecule has 0 bridgehead atoms. The third-order valence-corrected chi connectivity index (χ3v) is 3.39. The molecule has 0 radical (unpaired) electrons. The highest BCUT2D eigenvalue weighted by Crippen LogP contribution is 2.21. The minimum atomic E-state index is 0.316. The van der Waals surface area contributed by atoms with E-state index in [2.05, 4.69) is 21.3 Å². The zero-order chi connectivity index (χ0) is 12.1. The number of nitrogens with one attached hydrogen (secondary N) is 1. The number of aliphatic hydroxyl groups is 1. The van der Waals surface area contributed by atoms with E-state index in [9.17, 15) is 0 Å². The second-order valence-corrected chi connectivity index (χ2v) is 4.70. The molecule has 2 N–H and O–H groups in total. The molecule has 1 aliphatic heterocycles. The molecule has 0 spiro atoms. The molecule has 17 heavy (non-hydrogen) atoms. The standard InChI is InChI=1S/C13H21N3O/c1-14-13-3-2-12(8-15-13)10-16-6-4-11(9-16)5-7-17/h2-3,8,11,17H,4-7,9-10H2,1H3,(H,14,15). The summed E-state index contributed by atoms with van der Waals surface area (Å²) in [6, 6.07) is 4.13. The second-order valence-electron chi connectivity index (χ2n) is 4.70. The molecule has 1 aromatic heterocycles. The SMILES string of the molecule is CNc1ccc(CN2CCC(CCO)C2)cn1. The van der Waals surface area contributed by atoms with E-state index in [1.807, 2.05) is 19.3 Å². The maximum atomic E-state index is 8.92. The van der Waals surface area contributed by atoms with Crippen LogP contribution >= 0.6 is 0 Å². The summed E-state index contributed by atoms with van der Waals surface area (Å²) in [7, 11) is 1.88. The van der Waals surface area contributed by atoms with Crippen LogP contribution in [-0.2, 0) is 6.54 Å². The maximum absolute atomic E-state index is 8.92. The molecule has 1 aromatic rings. The fourth-order valence-electron chi connectivity index (χ4n) is 2.40. The summed E-state index contributed by atoms with van der Waals surface area (Å²) in [5.74, 6) is 1.58. The summed E-state index contributed by atoms with van der Waals surface area (Å²) < 4.78 is 0. The lowest BCUT2D eigenvalue weighted by atomic mass is 10.1. The summed E-state index contributed by atoms with van der Waals surface area (Å²) >= 11 is 0. The van der Waals surface area contributed by atoms with Crippen LogP contribution in [-0.4, -0.2) is 41.7 Å². The van der Waals surface area contributed by atoms with Crippen molar-refractivity contribution in [3.8, 4) is 0 Å². The molecule has 1 aliphatic rings. The van der Waals surface area contributed by atoms with E-state index in [-0.39, 0.29) is 0 Å². The van der Waals surface area contributed by atoms with Crippen LogP contribution in [0.1, 0.15) is 18.4 Å². The Labute approximate surface area is 103 Å². The van der Waals surface area contributed by atoms with Crippen molar-refractivity contribution in [2.45, 2.75) is 19.4 Å². The predicted molar refractivity (Wildman–Crippen MR) is 68.9 cm³/mol. The van der Waals surface area contributed by atoms with Crippen molar-refractivity contribution in [3.63, 3.8) is 0 Å². The summed E-state index contributed by atoms with van der Waals surface area (Å²) in [5.41, 5.74) is 1.26. The van der Waals surface area contributed by atoms with Gasteiger partial charge < -0.3 is 10.4 Å². The Morgan fingerprint density at radius 3 is 3.06 bits per heavy atom. The Bertz CT molecular complexity index is 339. The van der Waals surface area contributed by atoms with Crippen LogP contribution in [0.2, 0.25) is 0 Å². The van der Waals surface area contributed by atoms with Gasteiger partial charge in [-0.1, -0.05) is 6.07 Å². The first-order valence-electron chi connectivity index (χ1n) is 6.27. The molecule has 2 rings (SSSR count). The van der Waals surface area contributed by atoms with Gasteiger partial charge in [0.25, 0.3) is 0 Å². The van der Waals surface area contributed by atoms with Crippen molar-refractivity contribution < 1.29 is 5.11 Å². The Balaban J connectivity index is 1.84. The number of aliphatic hydroxyl groups excluding tert-OH is 1. The predicted octanol–water partition coefficient (Wildman–Crippen LogP) is 1.33. The van der Waals surface area contributed by atoms with E-state index >= 15 is 0 Å². The molecule has 0 amide bonds. The number of rotatable bonds is 5. The Hall–Kier alpha value is -1.13. The molecular weight excluding hydrogens is 214 g/mol. The molecule has 94 valence electrons. The van der Waals surface area contributed by atoms with E-state index in [1.54, 1.807) is 0 Å². The number of aromatic nitrogens is 1. The lowest BCUT2D eigenvalue weighted by Gasteiger charge is -2.15. The lowest BCUT2D eigenvalue weighted by molar-refractivity contribution is 0.249. The molecule has 1 unspecified atom stereocenters. The number of nitrogens with zero attached hydrogens (tertiary/aromatic N) is 2.